The summed E-state index contributed by atoms with van der Waals surface area (Å²) in [5, 5.41) is 4.48. The van der Waals surface area contributed by atoms with E-state index < -0.39 is 0 Å². The van der Waals surface area contributed by atoms with E-state index in [9.17, 15) is 0 Å². The Kier molecular flexibility index (Phi) is 5.06. The molecule has 6 heteroatoms. The third kappa shape index (κ3) is 3.52. The molecule has 1 fully saturated rings. The molecule has 1 saturated carbocycles. The van der Waals surface area contributed by atoms with Crippen molar-refractivity contribution in [1.29, 1.82) is 0 Å². The molecule has 6 nitrogen and oxygen atoms in total. The van der Waals surface area contributed by atoms with Gasteiger partial charge in [-0.15, -0.1) is 0 Å². The number of imidazole rings is 1. The monoisotopic (exact) mass is 415 g/mol. The summed E-state index contributed by atoms with van der Waals surface area (Å²) in [4.78, 5) is 9.60. The van der Waals surface area contributed by atoms with Crippen LogP contribution in [0.25, 0.3) is 22.2 Å². The first-order valence-electron chi connectivity index (χ1n) is 10.9. The summed E-state index contributed by atoms with van der Waals surface area (Å²) in [6.07, 6.45) is 7.29. The van der Waals surface area contributed by atoms with Gasteiger partial charge in [-0.05, 0) is 43.5 Å². The maximum atomic E-state index is 6.06. The van der Waals surface area contributed by atoms with Gasteiger partial charge in [-0.25, -0.2) is 4.98 Å². The Labute approximate surface area is 182 Å². The van der Waals surface area contributed by atoms with E-state index in [1.54, 1.807) is 6.20 Å². The number of H-pyrrole nitrogens is 1. The van der Waals surface area contributed by atoms with Gasteiger partial charge in [0.2, 0.25) is 0 Å². The van der Waals surface area contributed by atoms with Gasteiger partial charge in [0.25, 0.3) is 0 Å². The molecular formula is C25H29N5O. The highest BCUT2D eigenvalue weighted by Crippen LogP contribution is 2.47. The van der Waals surface area contributed by atoms with E-state index >= 15 is 0 Å². The Bertz CT molecular complexity index is 1170. The van der Waals surface area contributed by atoms with Crippen LogP contribution in [0.1, 0.15) is 31.1 Å². The van der Waals surface area contributed by atoms with Crippen molar-refractivity contribution in [2.45, 2.75) is 31.9 Å². The Hall–Kier alpha value is -3.41. The highest BCUT2D eigenvalue weighted by atomic mass is 16.5. The summed E-state index contributed by atoms with van der Waals surface area (Å²) in [5.41, 5.74) is 6.14. The van der Waals surface area contributed by atoms with E-state index in [4.69, 9.17) is 4.74 Å². The number of benzene rings is 2. The smallest absolute Gasteiger partial charge is 0.146 e. The molecule has 2 N–H and O–H groups in total. The van der Waals surface area contributed by atoms with Crippen molar-refractivity contribution in [3.63, 3.8) is 0 Å². The molecule has 5 rings (SSSR count). The first kappa shape index (κ1) is 19.5. The van der Waals surface area contributed by atoms with Crippen LogP contribution < -0.4 is 15.0 Å². The predicted octanol–water partition coefficient (Wildman–Crippen LogP) is 5.44. The van der Waals surface area contributed by atoms with E-state index in [1.807, 2.05) is 13.2 Å². The van der Waals surface area contributed by atoms with Crippen molar-refractivity contribution in [1.82, 2.24) is 14.5 Å². The second-order valence-corrected chi connectivity index (χ2v) is 8.38. The summed E-state index contributed by atoms with van der Waals surface area (Å²) in [7, 11) is 6.22. The maximum Gasteiger partial charge on any atom is 0.146 e. The van der Waals surface area contributed by atoms with Crippen molar-refractivity contribution in [2.24, 2.45) is 0 Å². The van der Waals surface area contributed by atoms with Gasteiger partial charge >= 0.3 is 0 Å². The minimum Gasteiger partial charge on any atom is -0.486 e. The zero-order chi connectivity index (χ0) is 21.4. The summed E-state index contributed by atoms with van der Waals surface area (Å²) in [6.45, 7) is 0.432. The number of hydrogen-bond donors (Lipinski definition) is 2. The molecule has 2 aromatic carbocycles. The van der Waals surface area contributed by atoms with Gasteiger partial charge in [0, 0.05) is 62.3 Å². The minimum absolute atomic E-state index is 0.432. The van der Waals surface area contributed by atoms with Crippen molar-refractivity contribution >= 4 is 22.3 Å². The van der Waals surface area contributed by atoms with E-state index in [0.717, 1.165) is 17.3 Å². The van der Waals surface area contributed by atoms with Gasteiger partial charge in [-0.3, -0.25) is 0 Å². The highest BCUT2D eigenvalue weighted by Gasteiger charge is 2.28. The van der Waals surface area contributed by atoms with Crippen LogP contribution in [0.3, 0.4) is 0 Å². The lowest BCUT2D eigenvalue weighted by Crippen LogP contribution is -2.18. The molecule has 4 aromatic rings. The molecule has 0 unspecified atom stereocenters. The summed E-state index contributed by atoms with van der Waals surface area (Å²) in [5.74, 6) is 1.69. The van der Waals surface area contributed by atoms with E-state index in [0.29, 0.717) is 12.6 Å². The highest BCUT2D eigenvalue weighted by molar-refractivity contribution is 6.03. The van der Waals surface area contributed by atoms with Crippen molar-refractivity contribution in [3.8, 4) is 17.0 Å². The van der Waals surface area contributed by atoms with Gasteiger partial charge < -0.3 is 24.5 Å². The van der Waals surface area contributed by atoms with Crippen LogP contribution in [-0.2, 0) is 6.61 Å². The number of aromatic nitrogens is 3. The van der Waals surface area contributed by atoms with Gasteiger partial charge in [-0.1, -0.05) is 12.1 Å². The molecule has 0 atom stereocenters. The van der Waals surface area contributed by atoms with Crippen LogP contribution in [0.15, 0.2) is 54.9 Å². The first-order valence-corrected chi connectivity index (χ1v) is 10.9. The second kappa shape index (κ2) is 8.02. The quantitative estimate of drug-likeness (QED) is 0.422. The third-order valence-electron chi connectivity index (χ3n) is 6.21. The molecule has 0 bridgehead atoms. The average Bonchev–Trinajstić information content (AvgIpc) is 3.37. The molecule has 160 valence electrons. The number of fused-ring (bicyclic) bond motifs is 1. The second-order valence-electron chi connectivity index (χ2n) is 8.38. The van der Waals surface area contributed by atoms with Crippen LogP contribution >= 0.6 is 0 Å². The van der Waals surface area contributed by atoms with Gasteiger partial charge in [0.05, 0.1) is 16.9 Å². The molecule has 0 radical (unpaired) electrons. The van der Waals surface area contributed by atoms with Crippen LogP contribution in [0.5, 0.6) is 5.75 Å². The number of nitrogens with one attached hydrogen (secondary N) is 2. The van der Waals surface area contributed by atoms with Crippen LogP contribution in [0.2, 0.25) is 0 Å². The van der Waals surface area contributed by atoms with Gasteiger partial charge in [-0.2, -0.15) is 0 Å². The van der Waals surface area contributed by atoms with Gasteiger partial charge in [0.15, 0.2) is 0 Å². The van der Waals surface area contributed by atoms with E-state index in [1.165, 1.54) is 47.1 Å². The Morgan fingerprint density at radius 3 is 2.58 bits per heavy atom. The molecule has 0 amide bonds. The predicted molar refractivity (Wildman–Crippen MR) is 127 cm³/mol. The molecule has 0 spiro atoms. The maximum absolute atomic E-state index is 6.06. The molecule has 2 heterocycles. The summed E-state index contributed by atoms with van der Waals surface area (Å²) < 4.78 is 8.61. The standard InChI is InChI=1S/C25H29N5O/c1-26-18-9-7-17(8-10-18)24-25(29(2)3)21-12-11-20(31-16-23-27-13-14-28-23)15-22(21)30(24)19-5-4-6-19/h7-15,19,26H,4-6,16H2,1-3H3,(H,27,28). The molecule has 31 heavy (non-hydrogen) atoms. The van der Waals surface area contributed by atoms with E-state index in [2.05, 4.69) is 81.3 Å². The van der Waals surface area contributed by atoms with Crippen LogP contribution in [0, 0.1) is 0 Å². The lowest BCUT2D eigenvalue weighted by molar-refractivity contribution is 0.296. The van der Waals surface area contributed by atoms with Crippen LogP contribution in [0.4, 0.5) is 11.4 Å². The lowest BCUT2D eigenvalue weighted by atomic mass is 9.92. The molecule has 2 aromatic heterocycles. The fourth-order valence-electron chi connectivity index (χ4n) is 4.44. The number of hydrogen-bond acceptors (Lipinski definition) is 4. The number of rotatable bonds is 7. The van der Waals surface area contributed by atoms with Crippen molar-refractivity contribution < 1.29 is 4.74 Å². The Balaban J connectivity index is 1.65. The largest absolute Gasteiger partial charge is 0.486 e. The molecule has 1 aliphatic carbocycles. The molecule has 0 saturated heterocycles. The molecular weight excluding hydrogens is 386 g/mol. The zero-order valence-corrected chi connectivity index (χ0v) is 18.4. The SMILES string of the molecule is CNc1ccc(-c2c(N(C)C)c3ccc(OCc4ncc[nH]4)cc3n2C2CCC2)cc1. The summed E-state index contributed by atoms with van der Waals surface area (Å²) >= 11 is 0. The number of nitrogens with zero attached hydrogens (tertiary/aromatic N) is 3. The molecule has 0 aliphatic heterocycles. The fourth-order valence-corrected chi connectivity index (χ4v) is 4.44. The first-order chi connectivity index (χ1) is 15.2. The molecule has 1 aliphatic rings. The third-order valence-corrected chi connectivity index (χ3v) is 6.21. The number of anilines is 2. The lowest BCUT2D eigenvalue weighted by Gasteiger charge is -2.30. The fraction of sp³-hybridized carbons (Fsp3) is 0.320. The Morgan fingerprint density at radius 2 is 1.97 bits per heavy atom. The average molecular weight is 416 g/mol. The van der Waals surface area contributed by atoms with Crippen molar-refractivity contribution in [2.75, 3.05) is 31.4 Å². The van der Waals surface area contributed by atoms with E-state index in [-0.39, 0.29) is 0 Å². The number of aromatic amines is 1. The zero-order valence-electron chi connectivity index (χ0n) is 18.4. The van der Waals surface area contributed by atoms with Gasteiger partial charge in [0.1, 0.15) is 18.2 Å². The minimum atomic E-state index is 0.432. The Morgan fingerprint density at radius 1 is 1.16 bits per heavy atom. The van der Waals surface area contributed by atoms with Crippen molar-refractivity contribution in [3.05, 3.63) is 60.7 Å². The topological polar surface area (TPSA) is 58.1 Å². The summed E-state index contributed by atoms with van der Waals surface area (Å²) in [6, 6.07) is 15.7. The van der Waals surface area contributed by atoms with Crippen LogP contribution in [-0.4, -0.2) is 35.7 Å². The number of ether oxygens (including phenoxy) is 1. The normalized spacial score (nSPS) is 13.9.